The lowest BCUT2D eigenvalue weighted by atomic mass is 9.77. The molecule has 1 aromatic heterocycles. The van der Waals surface area contributed by atoms with E-state index < -0.39 is 0 Å². The van der Waals surface area contributed by atoms with Gasteiger partial charge in [0.05, 0.1) is 6.61 Å². The van der Waals surface area contributed by atoms with Gasteiger partial charge in [0, 0.05) is 36.2 Å². The van der Waals surface area contributed by atoms with Crippen LogP contribution in [0.15, 0.2) is 12.3 Å². The Labute approximate surface area is 115 Å². The molecule has 1 N–H and O–H groups in total. The summed E-state index contributed by atoms with van der Waals surface area (Å²) in [4.78, 5) is 6.74. The number of pyridine rings is 1. The molecular weight excluding hydrogens is 236 g/mol. The fourth-order valence-corrected chi connectivity index (χ4v) is 3.84. The van der Waals surface area contributed by atoms with E-state index in [0.29, 0.717) is 5.41 Å². The highest BCUT2D eigenvalue weighted by molar-refractivity contribution is 5.53. The van der Waals surface area contributed by atoms with Crippen molar-refractivity contribution in [1.29, 1.82) is 0 Å². The third kappa shape index (κ3) is 2.48. The van der Waals surface area contributed by atoms with E-state index in [-0.39, 0.29) is 6.61 Å². The number of hydrogen-bond donors (Lipinski definition) is 1. The lowest BCUT2D eigenvalue weighted by Gasteiger charge is -2.41. The predicted octanol–water partition coefficient (Wildman–Crippen LogP) is 3.04. The molecule has 3 nitrogen and oxygen atoms in total. The van der Waals surface area contributed by atoms with Crippen molar-refractivity contribution in [3.8, 4) is 0 Å². The second-order valence-corrected chi connectivity index (χ2v) is 6.31. The molecule has 0 atom stereocenters. The van der Waals surface area contributed by atoms with E-state index in [1.807, 2.05) is 13.1 Å². The molecule has 1 spiro atoms. The van der Waals surface area contributed by atoms with Gasteiger partial charge >= 0.3 is 0 Å². The van der Waals surface area contributed by atoms with Crippen LogP contribution in [-0.2, 0) is 6.61 Å². The molecule has 0 amide bonds. The third-order valence-electron chi connectivity index (χ3n) is 5.10. The molecule has 3 rings (SSSR count). The Balaban J connectivity index is 1.76. The van der Waals surface area contributed by atoms with Gasteiger partial charge in [-0.25, -0.2) is 0 Å². The highest BCUT2D eigenvalue weighted by atomic mass is 16.3. The maximum Gasteiger partial charge on any atom is 0.0717 e. The molecule has 0 bridgehead atoms. The van der Waals surface area contributed by atoms with Gasteiger partial charge in [-0.05, 0) is 44.1 Å². The van der Waals surface area contributed by atoms with Crippen molar-refractivity contribution >= 4 is 5.69 Å². The first-order valence-corrected chi connectivity index (χ1v) is 7.54. The average Bonchev–Trinajstić information content (AvgIpc) is 2.88. The van der Waals surface area contributed by atoms with Crippen LogP contribution in [-0.4, -0.2) is 23.2 Å². The van der Waals surface area contributed by atoms with E-state index in [1.54, 1.807) is 0 Å². The fraction of sp³-hybridized carbons (Fsp3) is 0.688. The van der Waals surface area contributed by atoms with Gasteiger partial charge in [0.1, 0.15) is 0 Å². The first kappa shape index (κ1) is 12.9. The molecule has 0 radical (unpaired) electrons. The number of aliphatic hydroxyl groups excluding tert-OH is 1. The van der Waals surface area contributed by atoms with E-state index in [9.17, 15) is 5.11 Å². The monoisotopic (exact) mass is 260 g/mol. The number of piperidine rings is 1. The van der Waals surface area contributed by atoms with Gasteiger partial charge in [-0.1, -0.05) is 12.8 Å². The number of nitrogens with zero attached hydrogens (tertiary/aromatic N) is 2. The van der Waals surface area contributed by atoms with Crippen LogP contribution < -0.4 is 4.90 Å². The predicted molar refractivity (Wildman–Crippen MR) is 77.2 cm³/mol. The van der Waals surface area contributed by atoms with Crippen molar-refractivity contribution in [3.63, 3.8) is 0 Å². The summed E-state index contributed by atoms with van der Waals surface area (Å²) < 4.78 is 0. The summed E-state index contributed by atoms with van der Waals surface area (Å²) in [7, 11) is 0. The van der Waals surface area contributed by atoms with Crippen LogP contribution in [0.1, 0.15) is 49.8 Å². The van der Waals surface area contributed by atoms with E-state index in [2.05, 4.69) is 16.0 Å². The van der Waals surface area contributed by atoms with Gasteiger partial charge in [0.25, 0.3) is 0 Å². The standard InChI is InChI=1S/C16H24N2O/c1-13-10-15(14(12-19)11-17-13)18-8-6-16(7-9-18)4-2-3-5-16/h10-11,19H,2-9,12H2,1H3. The zero-order valence-electron chi connectivity index (χ0n) is 11.9. The van der Waals surface area contributed by atoms with Crippen molar-refractivity contribution in [2.75, 3.05) is 18.0 Å². The van der Waals surface area contributed by atoms with E-state index in [0.717, 1.165) is 24.3 Å². The molecule has 0 unspecified atom stereocenters. The summed E-state index contributed by atoms with van der Waals surface area (Å²) in [6.45, 7) is 4.38. The molecule has 19 heavy (non-hydrogen) atoms. The number of aryl methyl sites for hydroxylation is 1. The Morgan fingerprint density at radius 3 is 2.53 bits per heavy atom. The number of hydrogen-bond acceptors (Lipinski definition) is 3. The molecule has 1 aliphatic carbocycles. The number of aliphatic hydroxyl groups is 1. The highest BCUT2D eigenvalue weighted by Crippen LogP contribution is 2.46. The SMILES string of the molecule is Cc1cc(N2CCC3(CCCC3)CC2)c(CO)cn1. The zero-order valence-corrected chi connectivity index (χ0v) is 11.9. The van der Waals surface area contributed by atoms with E-state index >= 15 is 0 Å². The van der Waals surface area contributed by atoms with Crippen LogP contribution in [0.4, 0.5) is 5.69 Å². The summed E-state index contributed by atoms with van der Waals surface area (Å²) >= 11 is 0. The topological polar surface area (TPSA) is 36.4 Å². The van der Waals surface area contributed by atoms with E-state index in [1.165, 1.54) is 44.2 Å². The number of anilines is 1. The van der Waals surface area contributed by atoms with Crippen LogP contribution in [0.3, 0.4) is 0 Å². The summed E-state index contributed by atoms with van der Waals surface area (Å²) in [5.74, 6) is 0. The fourth-order valence-electron chi connectivity index (χ4n) is 3.84. The molecule has 3 heteroatoms. The first-order valence-electron chi connectivity index (χ1n) is 7.54. The first-order chi connectivity index (χ1) is 9.22. The van der Waals surface area contributed by atoms with Crippen molar-refractivity contribution in [2.45, 2.75) is 52.1 Å². The van der Waals surface area contributed by atoms with Crippen molar-refractivity contribution < 1.29 is 5.11 Å². The summed E-state index contributed by atoms with van der Waals surface area (Å²) in [6.07, 6.45) is 10.2. The number of aromatic nitrogens is 1. The van der Waals surface area contributed by atoms with Crippen LogP contribution in [0.25, 0.3) is 0 Å². The molecule has 2 heterocycles. The van der Waals surface area contributed by atoms with Gasteiger partial charge < -0.3 is 10.0 Å². The van der Waals surface area contributed by atoms with Crippen LogP contribution in [0, 0.1) is 12.3 Å². The lowest BCUT2D eigenvalue weighted by molar-refractivity contribution is 0.225. The molecule has 1 aliphatic heterocycles. The molecule has 2 aliphatic rings. The molecule has 1 saturated carbocycles. The van der Waals surface area contributed by atoms with E-state index in [4.69, 9.17) is 0 Å². The maximum absolute atomic E-state index is 9.48. The average molecular weight is 260 g/mol. The minimum absolute atomic E-state index is 0.0876. The molecule has 104 valence electrons. The third-order valence-corrected chi connectivity index (χ3v) is 5.10. The van der Waals surface area contributed by atoms with Crippen molar-refractivity contribution in [2.24, 2.45) is 5.41 Å². The number of rotatable bonds is 2. The zero-order chi connectivity index (χ0) is 13.3. The van der Waals surface area contributed by atoms with Crippen molar-refractivity contribution in [3.05, 3.63) is 23.5 Å². The minimum Gasteiger partial charge on any atom is -0.392 e. The Hall–Kier alpha value is -1.09. The van der Waals surface area contributed by atoms with Crippen LogP contribution in [0.2, 0.25) is 0 Å². The molecule has 1 aromatic rings. The van der Waals surface area contributed by atoms with Crippen molar-refractivity contribution in [1.82, 2.24) is 4.98 Å². The lowest BCUT2D eigenvalue weighted by Crippen LogP contribution is -2.39. The van der Waals surface area contributed by atoms with Crippen LogP contribution in [0.5, 0.6) is 0 Å². The summed E-state index contributed by atoms with van der Waals surface area (Å²) in [5, 5.41) is 9.48. The van der Waals surface area contributed by atoms with Gasteiger partial charge in [-0.3, -0.25) is 4.98 Å². The van der Waals surface area contributed by atoms with Gasteiger partial charge in [0.15, 0.2) is 0 Å². The van der Waals surface area contributed by atoms with Gasteiger partial charge in [-0.2, -0.15) is 0 Å². The minimum atomic E-state index is 0.0876. The Morgan fingerprint density at radius 2 is 1.89 bits per heavy atom. The maximum atomic E-state index is 9.48. The van der Waals surface area contributed by atoms with Gasteiger partial charge in [-0.15, -0.1) is 0 Å². The summed E-state index contributed by atoms with van der Waals surface area (Å²) in [6, 6.07) is 2.12. The van der Waals surface area contributed by atoms with Gasteiger partial charge in [0.2, 0.25) is 0 Å². The Bertz CT molecular complexity index is 442. The molecule has 0 aromatic carbocycles. The molecule has 1 saturated heterocycles. The smallest absolute Gasteiger partial charge is 0.0717 e. The Kier molecular flexibility index (Phi) is 3.48. The molecular formula is C16H24N2O. The second kappa shape index (κ2) is 5.12. The Morgan fingerprint density at radius 1 is 1.21 bits per heavy atom. The highest BCUT2D eigenvalue weighted by Gasteiger charge is 2.37. The quantitative estimate of drug-likeness (QED) is 0.888. The normalized spacial score (nSPS) is 22.1. The second-order valence-electron chi connectivity index (χ2n) is 6.31. The largest absolute Gasteiger partial charge is 0.392 e. The summed E-state index contributed by atoms with van der Waals surface area (Å²) in [5.41, 5.74) is 3.85. The van der Waals surface area contributed by atoms with Crippen LogP contribution >= 0.6 is 0 Å². The molecule has 2 fully saturated rings.